The molecule has 0 radical (unpaired) electrons. The average Bonchev–Trinajstić information content (AvgIpc) is 2.26. The Labute approximate surface area is 95.9 Å². The van der Waals surface area contributed by atoms with E-state index in [1.165, 1.54) is 19.9 Å². The number of pyridine rings is 2. The van der Waals surface area contributed by atoms with Gasteiger partial charge in [0.2, 0.25) is 0 Å². The van der Waals surface area contributed by atoms with Crippen molar-refractivity contribution in [1.29, 1.82) is 0 Å². The Bertz CT molecular complexity index is 688. The Morgan fingerprint density at radius 3 is 2.65 bits per heavy atom. The van der Waals surface area contributed by atoms with Crippen molar-refractivity contribution in [1.82, 2.24) is 4.40 Å². The lowest BCUT2D eigenvalue weighted by atomic mass is 10.1. The van der Waals surface area contributed by atoms with Gasteiger partial charge in [-0.05, 0) is 19.9 Å². The van der Waals surface area contributed by atoms with Crippen molar-refractivity contribution in [3.63, 3.8) is 0 Å². The average molecular weight is 235 g/mol. The second-order valence-corrected chi connectivity index (χ2v) is 3.84. The van der Waals surface area contributed by atoms with Gasteiger partial charge in [-0.2, -0.15) is 0 Å². The molecule has 0 aromatic carbocycles. The maximum Gasteiger partial charge on any atom is 0.261 e. The summed E-state index contributed by atoms with van der Waals surface area (Å²) in [6.45, 7) is 2.71. The molecule has 17 heavy (non-hydrogen) atoms. The van der Waals surface area contributed by atoms with E-state index in [1.807, 2.05) is 0 Å². The predicted molar refractivity (Wildman–Crippen MR) is 60.0 cm³/mol. The third-order valence-corrected chi connectivity index (χ3v) is 2.65. The number of carbonyl (C=O) groups is 1. The van der Waals surface area contributed by atoms with Crippen LogP contribution in [-0.4, -0.2) is 15.3 Å². The molecule has 2 heterocycles. The summed E-state index contributed by atoms with van der Waals surface area (Å²) >= 11 is 0. The smallest absolute Gasteiger partial charge is 0.261 e. The van der Waals surface area contributed by atoms with E-state index >= 15 is 0 Å². The third-order valence-electron chi connectivity index (χ3n) is 2.65. The lowest BCUT2D eigenvalue weighted by molar-refractivity contribution is 0.101. The van der Waals surface area contributed by atoms with Gasteiger partial charge in [-0.1, -0.05) is 0 Å². The number of Topliss-reactive ketones (excluding diaryl/α,β-unsaturated/α-hetero) is 1. The maximum atomic E-state index is 13.3. The van der Waals surface area contributed by atoms with E-state index in [4.69, 9.17) is 0 Å². The minimum Gasteiger partial charge on any atom is -0.507 e. The molecule has 0 aliphatic rings. The molecule has 0 spiro atoms. The van der Waals surface area contributed by atoms with E-state index < -0.39 is 11.4 Å². The number of hydrogen-bond donors (Lipinski definition) is 1. The number of carbonyl (C=O) groups excluding carboxylic acids is 1. The van der Waals surface area contributed by atoms with Crippen molar-refractivity contribution in [2.24, 2.45) is 0 Å². The van der Waals surface area contributed by atoms with Crippen LogP contribution >= 0.6 is 0 Å². The number of rotatable bonds is 1. The first-order valence-electron chi connectivity index (χ1n) is 4.97. The zero-order chi connectivity index (χ0) is 12.7. The van der Waals surface area contributed by atoms with E-state index in [-0.39, 0.29) is 28.2 Å². The van der Waals surface area contributed by atoms with Gasteiger partial charge >= 0.3 is 0 Å². The molecule has 2 aromatic heterocycles. The molecule has 88 valence electrons. The largest absolute Gasteiger partial charge is 0.507 e. The predicted octanol–water partition coefficient (Wildman–Crippen LogP) is 1.66. The van der Waals surface area contributed by atoms with Gasteiger partial charge < -0.3 is 5.11 Å². The third kappa shape index (κ3) is 1.69. The van der Waals surface area contributed by atoms with Gasteiger partial charge in [0, 0.05) is 17.8 Å². The maximum absolute atomic E-state index is 13.3. The van der Waals surface area contributed by atoms with Crippen LogP contribution in [-0.2, 0) is 0 Å². The van der Waals surface area contributed by atoms with Crippen LogP contribution in [0.1, 0.15) is 22.8 Å². The Balaban J connectivity index is 3.05. The highest BCUT2D eigenvalue weighted by Gasteiger charge is 2.13. The monoisotopic (exact) mass is 235 g/mol. The molecule has 1 N–H and O–H groups in total. The highest BCUT2D eigenvalue weighted by molar-refractivity contribution is 6.00. The molecule has 0 aliphatic carbocycles. The van der Waals surface area contributed by atoms with Crippen LogP contribution in [0.2, 0.25) is 0 Å². The van der Waals surface area contributed by atoms with E-state index in [0.717, 1.165) is 16.7 Å². The molecule has 0 saturated carbocycles. The number of nitrogens with zero attached hydrogens (tertiary/aromatic N) is 1. The number of halogens is 1. The summed E-state index contributed by atoms with van der Waals surface area (Å²) in [6.07, 6.45) is 0.997. The molecule has 0 unspecified atom stereocenters. The molecule has 5 heteroatoms. The Morgan fingerprint density at radius 1 is 1.41 bits per heavy atom. The second-order valence-electron chi connectivity index (χ2n) is 3.84. The molecule has 2 rings (SSSR count). The first-order chi connectivity index (χ1) is 7.91. The van der Waals surface area contributed by atoms with E-state index in [1.54, 1.807) is 0 Å². The van der Waals surface area contributed by atoms with Crippen LogP contribution in [0.15, 0.2) is 23.1 Å². The minimum atomic E-state index is -0.671. The molecule has 0 saturated heterocycles. The van der Waals surface area contributed by atoms with Crippen LogP contribution < -0.4 is 5.56 Å². The number of fused-ring (bicyclic) bond motifs is 1. The van der Waals surface area contributed by atoms with Crippen molar-refractivity contribution in [2.75, 3.05) is 0 Å². The highest BCUT2D eigenvalue weighted by atomic mass is 19.1. The van der Waals surface area contributed by atoms with E-state index in [0.29, 0.717) is 0 Å². The van der Waals surface area contributed by atoms with Gasteiger partial charge in [0.15, 0.2) is 5.78 Å². The number of ketones is 1. The fourth-order valence-corrected chi connectivity index (χ4v) is 1.70. The first-order valence-corrected chi connectivity index (χ1v) is 4.97. The number of aromatic nitrogens is 1. The van der Waals surface area contributed by atoms with Gasteiger partial charge in [0.25, 0.3) is 5.56 Å². The van der Waals surface area contributed by atoms with E-state index in [9.17, 15) is 19.1 Å². The fourth-order valence-electron chi connectivity index (χ4n) is 1.70. The summed E-state index contributed by atoms with van der Waals surface area (Å²) in [5.74, 6) is -1.25. The molecule has 0 fully saturated rings. The Hall–Kier alpha value is -2.17. The zero-order valence-corrected chi connectivity index (χ0v) is 9.32. The summed E-state index contributed by atoms with van der Waals surface area (Å²) in [6, 6.07) is 2.33. The van der Waals surface area contributed by atoms with Crippen molar-refractivity contribution < 1.29 is 14.3 Å². The van der Waals surface area contributed by atoms with Crippen molar-refractivity contribution in [2.45, 2.75) is 13.8 Å². The van der Waals surface area contributed by atoms with Gasteiger partial charge in [-0.15, -0.1) is 0 Å². The van der Waals surface area contributed by atoms with Gasteiger partial charge in [0.05, 0.1) is 11.1 Å². The first kappa shape index (κ1) is 11.3. The molecular formula is C12H10FNO3. The molecule has 0 bridgehead atoms. The Morgan fingerprint density at radius 2 is 2.06 bits per heavy atom. The number of aromatic hydroxyl groups is 1. The molecular weight excluding hydrogens is 225 g/mol. The molecule has 0 aliphatic heterocycles. The van der Waals surface area contributed by atoms with E-state index in [2.05, 4.69) is 0 Å². The zero-order valence-electron chi connectivity index (χ0n) is 9.32. The lowest BCUT2D eigenvalue weighted by Crippen LogP contribution is -2.18. The van der Waals surface area contributed by atoms with Crippen LogP contribution in [0.5, 0.6) is 5.75 Å². The minimum absolute atomic E-state index is 0.0670. The SMILES string of the molecule is CC(=O)c1cc(F)cn2c(=O)c(C)c(O)cc12. The lowest BCUT2D eigenvalue weighted by Gasteiger charge is -2.08. The summed E-state index contributed by atoms with van der Waals surface area (Å²) in [4.78, 5) is 23.2. The van der Waals surface area contributed by atoms with Gasteiger partial charge in [0.1, 0.15) is 11.6 Å². The van der Waals surface area contributed by atoms with Crippen LogP contribution in [0, 0.1) is 12.7 Å². The van der Waals surface area contributed by atoms with Crippen LogP contribution in [0.4, 0.5) is 4.39 Å². The Kier molecular flexibility index (Phi) is 2.46. The second kappa shape index (κ2) is 3.69. The highest BCUT2D eigenvalue weighted by Crippen LogP contribution is 2.19. The quantitative estimate of drug-likeness (QED) is 0.764. The summed E-state index contributed by atoms with van der Waals surface area (Å²) in [5.41, 5.74) is -0.158. The van der Waals surface area contributed by atoms with Gasteiger partial charge in [-0.25, -0.2) is 4.39 Å². The topological polar surface area (TPSA) is 58.8 Å². The molecule has 0 amide bonds. The van der Waals surface area contributed by atoms with Crippen molar-refractivity contribution in [3.8, 4) is 5.75 Å². The van der Waals surface area contributed by atoms with Gasteiger partial charge in [-0.3, -0.25) is 14.0 Å². The van der Waals surface area contributed by atoms with Crippen LogP contribution in [0.3, 0.4) is 0 Å². The molecule has 0 atom stereocenters. The molecule has 4 nitrogen and oxygen atoms in total. The summed E-state index contributed by atoms with van der Waals surface area (Å²) in [5, 5.41) is 9.56. The summed E-state index contributed by atoms with van der Waals surface area (Å²) in [7, 11) is 0. The number of hydrogen-bond acceptors (Lipinski definition) is 3. The van der Waals surface area contributed by atoms with Crippen LogP contribution in [0.25, 0.3) is 5.52 Å². The fraction of sp³-hybridized carbons (Fsp3) is 0.167. The van der Waals surface area contributed by atoms with Crippen molar-refractivity contribution in [3.05, 3.63) is 45.6 Å². The molecule has 2 aromatic rings. The standard InChI is InChI=1S/C12H10FNO3/c1-6-11(16)4-10-9(7(2)15)3-8(13)5-14(10)12(6)17/h3-5,16H,1-2H3. The summed E-state index contributed by atoms with van der Waals surface area (Å²) < 4.78 is 14.3. The van der Waals surface area contributed by atoms with Crippen molar-refractivity contribution >= 4 is 11.3 Å². The normalized spacial score (nSPS) is 10.8.